The molecule has 0 aliphatic carbocycles. The molecule has 1 atom stereocenters. The second-order valence-electron chi connectivity index (χ2n) is 6.21. The summed E-state index contributed by atoms with van der Waals surface area (Å²) < 4.78 is 7.51. The van der Waals surface area contributed by atoms with Gasteiger partial charge in [0.05, 0.1) is 12.6 Å². The van der Waals surface area contributed by atoms with Crippen LogP contribution in [0.4, 0.5) is 4.79 Å². The van der Waals surface area contributed by atoms with Crippen molar-refractivity contribution in [2.24, 2.45) is 0 Å². The Kier molecular flexibility index (Phi) is 5.87. The average molecular weight is 353 g/mol. The number of amides is 2. The minimum atomic E-state index is -0.199. The molecule has 1 aliphatic rings. The van der Waals surface area contributed by atoms with Gasteiger partial charge in [-0.15, -0.1) is 6.42 Å². The summed E-state index contributed by atoms with van der Waals surface area (Å²) in [5, 5.41) is 2.94. The minimum Gasteiger partial charge on any atom is -0.376 e. The van der Waals surface area contributed by atoms with Crippen molar-refractivity contribution >= 4 is 6.03 Å². The smallest absolute Gasteiger partial charge is 0.318 e. The van der Waals surface area contributed by atoms with Gasteiger partial charge < -0.3 is 15.0 Å². The topological polar surface area (TPSA) is 72.3 Å². The number of pyridine rings is 1. The van der Waals surface area contributed by atoms with Gasteiger partial charge in [0, 0.05) is 43.9 Å². The summed E-state index contributed by atoms with van der Waals surface area (Å²) in [4.78, 5) is 22.9. The summed E-state index contributed by atoms with van der Waals surface area (Å²) in [6.07, 6.45) is 12.8. The molecule has 2 amide bonds. The molecule has 0 radical (unpaired) electrons. The Morgan fingerprint density at radius 1 is 1.50 bits per heavy atom. The van der Waals surface area contributed by atoms with E-state index in [9.17, 15) is 4.79 Å². The number of hydrogen-bond donors (Lipinski definition) is 1. The molecule has 1 N–H and O–H groups in total. The van der Waals surface area contributed by atoms with Crippen LogP contribution in [0.25, 0.3) is 5.82 Å². The first-order chi connectivity index (χ1) is 12.7. The molecular formula is C19H23N5O2. The van der Waals surface area contributed by atoms with Crippen LogP contribution in [0.1, 0.15) is 24.2 Å². The van der Waals surface area contributed by atoms with Gasteiger partial charge in [-0.05, 0) is 25.8 Å². The number of urea groups is 1. The molecule has 3 rings (SSSR count). The fourth-order valence-corrected chi connectivity index (χ4v) is 3.03. The van der Waals surface area contributed by atoms with Crippen LogP contribution in [0, 0.1) is 19.3 Å². The first-order valence-corrected chi connectivity index (χ1v) is 8.71. The number of aromatic nitrogens is 3. The fraction of sp³-hybridized carbons (Fsp3) is 0.421. The Balaban J connectivity index is 1.67. The zero-order valence-corrected chi connectivity index (χ0v) is 14.9. The van der Waals surface area contributed by atoms with Gasteiger partial charge >= 0.3 is 6.03 Å². The van der Waals surface area contributed by atoms with E-state index in [-0.39, 0.29) is 18.7 Å². The van der Waals surface area contributed by atoms with Gasteiger partial charge in [-0.3, -0.25) is 4.57 Å². The molecule has 26 heavy (non-hydrogen) atoms. The molecule has 2 aromatic rings. The summed E-state index contributed by atoms with van der Waals surface area (Å²) in [6.45, 7) is 3.78. The van der Waals surface area contributed by atoms with E-state index in [4.69, 9.17) is 11.2 Å². The quantitative estimate of drug-likeness (QED) is 0.805. The number of nitrogens with zero attached hydrogens (tertiary/aromatic N) is 4. The van der Waals surface area contributed by atoms with Crippen molar-refractivity contribution in [3.63, 3.8) is 0 Å². The molecule has 3 heterocycles. The van der Waals surface area contributed by atoms with Crippen molar-refractivity contribution in [2.45, 2.75) is 32.4 Å². The highest BCUT2D eigenvalue weighted by atomic mass is 16.5. The number of carbonyl (C=O) groups is 1. The van der Waals surface area contributed by atoms with E-state index in [1.807, 2.05) is 29.8 Å². The molecule has 0 bridgehead atoms. The van der Waals surface area contributed by atoms with Crippen molar-refractivity contribution in [3.05, 3.63) is 42.1 Å². The average Bonchev–Trinajstić information content (AvgIpc) is 3.31. The van der Waals surface area contributed by atoms with Crippen molar-refractivity contribution < 1.29 is 9.53 Å². The molecule has 0 aromatic carbocycles. The maximum absolute atomic E-state index is 12.6. The molecule has 0 unspecified atom stereocenters. The SMILES string of the molecule is C#CCN(C[C@@H]1CCCO1)C(=O)NCc1cccnc1-n1ccnc1C. The summed E-state index contributed by atoms with van der Waals surface area (Å²) in [5.74, 6) is 4.14. The fourth-order valence-electron chi connectivity index (χ4n) is 3.03. The van der Waals surface area contributed by atoms with Crippen LogP contribution in [-0.2, 0) is 11.3 Å². The van der Waals surface area contributed by atoms with Gasteiger partial charge in [0.1, 0.15) is 11.6 Å². The van der Waals surface area contributed by atoms with E-state index in [0.29, 0.717) is 13.1 Å². The standard InChI is InChI=1S/C19H23N5O2/c1-3-10-23(14-17-7-5-12-26-17)19(25)22-13-16-6-4-8-21-18(16)24-11-9-20-15(24)2/h1,4,6,8-9,11,17H,5,7,10,12-14H2,2H3,(H,22,25)/t17-/m0/s1. The second kappa shape index (κ2) is 8.50. The normalized spacial score (nSPS) is 16.2. The monoisotopic (exact) mass is 353 g/mol. The number of terminal acetylenes is 1. The summed E-state index contributed by atoms with van der Waals surface area (Å²) in [7, 11) is 0. The molecule has 1 fully saturated rings. The van der Waals surface area contributed by atoms with E-state index >= 15 is 0 Å². The Bertz CT molecular complexity index is 789. The molecule has 0 saturated carbocycles. The number of hydrogen-bond acceptors (Lipinski definition) is 4. The van der Waals surface area contributed by atoms with Gasteiger partial charge in [0.2, 0.25) is 0 Å². The van der Waals surface area contributed by atoms with Gasteiger partial charge in [0.25, 0.3) is 0 Å². The molecule has 7 heteroatoms. The minimum absolute atomic E-state index is 0.0663. The second-order valence-corrected chi connectivity index (χ2v) is 6.21. The van der Waals surface area contributed by atoms with Gasteiger partial charge in [0.15, 0.2) is 0 Å². The molecule has 1 saturated heterocycles. The van der Waals surface area contributed by atoms with E-state index in [1.54, 1.807) is 17.3 Å². The van der Waals surface area contributed by atoms with Crippen LogP contribution in [0.3, 0.4) is 0 Å². The molecule has 7 nitrogen and oxygen atoms in total. The van der Waals surface area contributed by atoms with E-state index < -0.39 is 0 Å². The number of nitrogens with one attached hydrogen (secondary N) is 1. The number of ether oxygens (including phenoxy) is 1. The van der Waals surface area contributed by atoms with Crippen LogP contribution in [-0.4, -0.2) is 51.3 Å². The zero-order chi connectivity index (χ0) is 18.4. The van der Waals surface area contributed by atoms with Crippen molar-refractivity contribution in [2.75, 3.05) is 19.7 Å². The van der Waals surface area contributed by atoms with Crippen LogP contribution in [0.15, 0.2) is 30.7 Å². The summed E-state index contributed by atoms with van der Waals surface area (Å²) >= 11 is 0. The molecular weight excluding hydrogens is 330 g/mol. The third kappa shape index (κ3) is 4.21. The number of rotatable bonds is 6. The van der Waals surface area contributed by atoms with Crippen molar-refractivity contribution in [1.82, 2.24) is 24.8 Å². The van der Waals surface area contributed by atoms with Gasteiger partial charge in [-0.2, -0.15) is 0 Å². The maximum atomic E-state index is 12.6. The van der Waals surface area contributed by atoms with E-state index in [2.05, 4.69) is 21.2 Å². The lowest BCUT2D eigenvalue weighted by molar-refractivity contribution is 0.0845. The predicted octanol–water partition coefficient (Wildman–Crippen LogP) is 1.90. The van der Waals surface area contributed by atoms with Crippen LogP contribution >= 0.6 is 0 Å². The molecule has 136 valence electrons. The third-order valence-corrected chi connectivity index (χ3v) is 4.37. The maximum Gasteiger partial charge on any atom is 0.318 e. The number of imidazole rings is 1. The molecule has 2 aromatic heterocycles. The first-order valence-electron chi connectivity index (χ1n) is 8.71. The zero-order valence-electron chi connectivity index (χ0n) is 14.9. The lowest BCUT2D eigenvalue weighted by Crippen LogP contribution is -2.43. The highest BCUT2D eigenvalue weighted by Crippen LogP contribution is 2.15. The first kappa shape index (κ1) is 18.0. The lowest BCUT2D eigenvalue weighted by Gasteiger charge is -2.24. The van der Waals surface area contributed by atoms with Crippen molar-refractivity contribution in [3.8, 4) is 18.2 Å². The Hall–Kier alpha value is -2.85. The predicted molar refractivity (Wildman–Crippen MR) is 97.7 cm³/mol. The number of aryl methyl sites for hydroxylation is 1. The highest BCUT2D eigenvalue weighted by Gasteiger charge is 2.22. The number of carbonyl (C=O) groups excluding carboxylic acids is 1. The lowest BCUT2D eigenvalue weighted by atomic mass is 10.2. The van der Waals surface area contributed by atoms with Gasteiger partial charge in [-0.25, -0.2) is 14.8 Å². The van der Waals surface area contributed by atoms with Crippen LogP contribution in [0.2, 0.25) is 0 Å². The Labute approximate surface area is 153 Å². The van der Waals surface area contributed by atoms with Crippen LogP contribution < -0.4 is 5.32 Å². The van der Waals surface area contributed by atoms with E-state index in [1.165, 1.54) is 0 Å². The Morgan fingerprint density at radius 3 is 3.08 bits per heavy atom. The van der Waals surface area contributed by atoms with Crippen molar-refractivity contribution in [1.29, 1.82) is 0 Å². The third-order valence-electron chi connectivity index (χ3n) is 4.37. The Morgan fingerprint density at radius 2 is 2.38 bits per heavy atom. The summed E-state index contributed by atoms with van der Waals surface area (Å²) in [6, 6.07) is 3.59. The van der Waals surface area contributed by atoms with E-state index in [0.717, 1.165) is 36.7 Å². The summed E-state index contributed by atoms with van der Waals surface area (Å²) in [5.41, 5.74) is 0.903. The molecule has 1 aliphatic heterocycles. The van der Waals surface area contributed by atoms with Crippen LogP contribution in [0.5, 0.6) is 0 Å². The largest absolute Gasteiger partial charge is 0.376 e. The van der Waals surface area contributed by atoms with Gasteiger partial charge in [-0.1, -0.05) is 12.0 Å². The molecule has 0 spiro atoms. The highest BCUT2D eigenvalue weighted by molar-refractivity contribution is 5.74.